The monoisotopic (exact) mass is 265 g/mol. The van der Waals surface area contributed by atoms with Gasteiger partial charge in [0.25, 0.3) is 0 Å². The van der Waals surface area contributed by atoms with E-state index in [9.17, 15) is 0 Å². The molecule has 1 aliphatic heterocycles. The number of alkyl halides is 1. The minimum absolute atomic E-state index is 0.790. The summed E-state index contributed by atoms with van der Waals surface area (Å²) in [5.74, 6) is 2.11. The van der Waals surface area contributed by atoms with Gasteiger partial charge in [0.15, 0.2) is 0 Å². The second-order valence-corrected chi connectivity index (χ2v) is 6.22. The van der Waals surface area contributed by atoms with Crippen LogP contribution in [-0.2, 0) is 0 Å². The Labute approximate surface area is 94.8 Å². The molecule has 0 aromatic rings. The van der Waals surface area contributed by atoms with Crippen molar-refractivity contribution in [3.05, 3.63) is 0 Å². The van der Waals surface area contributed by atoms with Crippen LogP contribution < -0.4 is 0 Å². The Bertz CT molecular complexity index is 143. The SMILES string of the molecule is CC(CBr)CN1CCSC(C)CC1. The van der Waals surface area contributed by atoms with E-state index in [4.69, 9.17) is 0 Å². The molecule has 1 fully saturated rings. The molecule has 78 valence electrons. The third-order valence-electron chi connectivity index (χ3n) is 2.50. The van der Waals surface area contributed by atoms with E-state index in [0.29, 0.717) is 0 Å². The molecule has 0 radical (unpaired) electrons. The van der Waals surface area contributed by atoms with Crippen LogP contribution in [0.1, 0.15) is 20.3 Å². The summed E-state index contributed by atoms with van der Waals surface area (Å²) in [4.78, 5) is 2.61. The van der Waals surface area contributed by atoms with Crippen LogP contribution in [0, 0.1) is 5.92 Å². The zero-order chi connectivity index (χ0) is 9.68. The van der Waals surface area contributed by atoms with Gasteiger partial charge in [-0.1, -0.05) is 29.8 Å². The van der Waals surface area contributed by atoms with Crippen LogP contribution in [0.5, 0.6) is 0 Å². The van der Waals surface area contributed by atoms with Gasteiger partial charge in [0.2, 0.25) is 0 Å². The lowest BCUT2D eigenvalue weighted by atomic mass is 10.2. The Balaban J connectivity index is 2.25. The lowest BCUT2D eigenvalue weighted by Crippen LogP contribution is -2.31. The molecule has 13 heavy (non-hydrogen) atoms. The molecule has 0 spiro atoms. The number of hydrogen-bond acceptors (Lipinski definition) is 2. The van der Waals surface area contributed by atoms with Crippen molar-refractivity contribution < 1.29 is 0 Å². The van der Waals surface area contributed by atoms with E-state index in [1.807, 2.05) is 0 Å². The molecule has 1 saturated heterocycles. The maximum atomic E-state index is 3.54. The van der Waals surface area contributed by atoms with Crippen LogP contribution in [0.4, 0.5) is 0 Å². The van der Waals surface area contributed by atoms with Crippen LogP contribution >= 0.6 is 27.7 Å². The maximum Gasteiger partial charge on any atom is 0.00726 e. The van der Waals surface area contributed by atoms with Crippen molar-refractivity contribution in [2.45, 2.75) is 25.5 Å². The molecular formula is C10H20BrNS. The van der Waals surface area contributed by atoms with Gasteiger partial charge < -0.3 is 4.90 Å². The third kappa shape index (κ3) is 4.71. The molecule has 0 bridgehead atoms. The van der Waals surface area contributed by atoms with E-state index in [1.54, 1.807) is 0 Å². The lowest BCUT2D eigenvalue weighted by Gasteiger charge is -2.22. The first kappa shape index (κ1) is 11.9. The fourth-order valence-electron chi connectivity index (χ4n) is 1.61. The van der Waals surface area contributed by atoms with Crippen molar-refractivity contribution in [2.75, 3.05) is 30.7 Å². The number of halogens is 1. The van der Waals surface area contributed by atoms with Gasteiger partial charge in [0.05, 0.1) is 0 Å². The first-order valence-corrected chi connectivity index (χ1v) is 7.29. The Morgan fingerprint density at radius 1 is 1.54 bits per heavy atom. The Kier molecular flexibility index (Phi) is 5.75. The summed E-state index contributed by atoms with van der Waals surface area (Å²) in [6, 6.07) is 0. The van der Waals surface area contributed by atoms with Crippen LogP contribution in [0.3, 0.4) is 0 Å². The molecule has 0 amide bonds. The molecular weight excluding hydrogens is 246 g/mol. The Morgan fingerprint density at radius 2 is 2.31 bits per heavy atom. The number of rotatable bonds is 3. The highest BCUT2D eigenvalue weighted by molar-refractivity contribution is 9.09. The summed E-state index contributed by atoms with van der Waals surface area (Å²) < 4.78 is 0. The quantitative estimate of drug-likeness (QED) is 0.723. The highest BCUT2D eigenvalue weighted by Gasteiger charge is 2.15. The summed E-state index contributed by atoms with van der Waals surface area (Å²) in [7, 11) is 0. The number of hydrogen-bond donors (Lipinski definition) is 0. The van der Waals surface area contributed by atoms with Crippen molar-refractivity contribution in [1.82, 2.24) is 4.90 Å². The summed E-state index contributed by atoms with van der Waals surface area (Å²) in [5.41, 5.74) is 0. The van der Waals surface area contributed by atoms with Gasteiger partial charge in [-0.25, -0.2) is 0 Å². The van der Waals surface area contributed by atoms with E-state index < -0.39 is 0 Å². The minimum Gasteiger partial charge on any atom is -0.302 e. The zero-order valence-electron chi connectivity index (χ0n) is 8.63. The summed E-state index contributed by atoms with van der Waals surface area (Å²) in [6.07, 6.45) is 1.36. The Morgan fingerprint density at radius 3 is 3.00 bits per heavy atom. The normalized spacial score (nSPS) is 28.4. The molecule has 1 nitrogen and oxygen atoms in total. The van der Waals surface area contributed by atoms with Gasteiger partial charge in [0, 0.05) is 29.4 Å². The number of thioether (sulfide) groups is 1. The Hall–Kier alpha value is 0.790. The highest BCUT2D eigenvalue weighted by atomic mass is 79.9. The third-order valence-corrected chi connectivity index (χ3v) is 4.82. The highest BCUT2D eigenvalue weighted by Crippen LogP contribution is 2.19. The minimum atomic E-state index is 0.790. The van der Waals surface area contributed by atoms with Gasteiger partial charge in [-0.05, 0) is 18.9 Å². The topological polar surface area (TPSA) is 3.24 Å². The molecule has 1 rings (SSSR count). The van der Waals surface area contributed by atoms with Crippen LogP contribution in [0.25, 0.3) is 0 Å². The van der Waals surface area contributed by atoms with E-state index in [0.717, 1.165) is 16.5 Å². The predicted molar refractivity (Wildman–Crippen MR) is 65.9 cm³/mol. The van der Waals surface area contributed by atoms with Crippen molar-refractivity contribution in [3.63, 3.8) is 0 Å². The first-order chi connectivity index (χ1) is 6.22. The predicted octanol–water partition coefficient (Wildman–Crippen LogP) is 2.84. The smallest absolute Gasteiger partial charge is 0.00726 e. The average molecular weight is 266 g/mol. The van der Waals surface area contributed by atoms with E-state index in [-0.39, 0.29) is 0 Å². The van der Waals surface area contributed by atoms with Crippen molar-refractivity contribution in [2.24, 2.45) is 5.92 Å². The van der Waals surface area contributed by atoms with E-state index in [2.05, 4.69) is 46.4 Å². The van der Waals surface area contributed by atoms with Gasteiger partial charge in [0.1, 0.15) is 0 Å². The van der Waals surface area contributed by atoms with Gasteiger partial charge >= 0.3 is 0 Å². The molecule has 0 aliphatic carbocycles. The van der Waals surface area contributed by atoms with Gasteiger partial charge in [-0.15, -0.1) is 0 Å². The fraction of sp³-hybridized carbons (Fsp3) is 1.00. The van der Waals surface area contributed by atoms with Gasteiger partial charge in [-0.2, -0.15) is 11.8 Å². The van der Waals surface area contributed by atoms with Crippen LogP contribution in [0.2, 0.25) is 0 Å². The molecule has 1 heterocycles. The molecule has 2 unspecified atom stereocenters. The molecule has 0 N–H and O–H groups in total. The lowest BCUT2D eigenvalue weighted by molar-refractivity contribution is 0.262. The molecule has 0 aromatic heterocycles. The second kappa shape index (κ2) is 6.31. The summed E-state index contributed by atoms with van der Waals surface area (Å²) in [6.45, 7) is 8.51. The van der Waals surface area contributed by atoms with Crippen LogP contribution in [-0.4, -0.2) is 40.9 Å². The molecule has 0 aromatic carbocycles. The molecule has 2 atom stereocenters. The average Bonchev–Trinajstić information content (AvgIpc) is 2.31. The van der Waals surface area contributed by atoms with Crippen molar-refractivity contribution >= 4 is 27.7 Å². The summed E-state index contributed by atoms with van der Waals surface area (Å²) in [5, 5.41) is 2.00. The summed E-state index contributed by atoms with van der Waals surface area (Å²) >= 11 is 5.67. The number of nitrogens with zero attached hydrogens (tertiary/aromatic N) is 1. The molecule has 0 saturated carbocycles. The largest absolute Gasteiger partial charge is 0.302 e. The van der Waals surface area contributed by atoms with E-state index >= 15 is 0 Å². The first-order valence-electron chi connectivity index (χ1n) is 5.12. The van der Waals surface area contributed by atoms with E-state index in [1.165, 1.54) is 31.8 Å². The van der Waals surface area contributed by atoms with Crippen molar-refractivity contribution in [3.8, 4) is 0 Å². The van der Waals surface area contributed by atoms with Gasteiger partial charge in [-0.3, -0.25) is 0 Å². The molecule has 1 aliphatic rings. The fourth-order valence-corrected chi connectivity index (χ4v) is 2.86. The zero-order valence-corrected chi connectivity index (χ0v) is 11.0. The van der Waals surface area contributed by atoms with Crippen LogP contribution in [0.15, 0.2) is 0 Å². The maximum absolute atomic E-state index is 3.54. The molecule has 3 heteroatoms. The standard InChI is InChI=1S/C10H20BrNS/c1-9(7-11)8-12-4-3-10(2)13-6-5-12/h9-10H,3-8H2,1-2H3. The second-order valence-electron chi connectivity index (χ2n) is 4.03. The van der Waals surface area contributed by atoms with Crippen molar-refractivity contribution in [1.29, 1.82) is 0 Å².